The van der Waals surface area contributed by atoms with E-state index in [1.807, 2.05) is 7.05 Å². The average Bonchev–Trinajstić information content (AvgIpc) is 2.83. The highest BCUT2D eigenvalue weighted by Gasteiger charge is 2.17. The first-order chi connectivity index (χ1) is 7.28. The van der Waals surface area contributed by atoms with E-state index in [2.05, 4.69) is 40.5 Å². The van der Waals surface area contributed by atoms with Crippen molar-refractivity contribution in [3.8, 4) is 0 Å². The van der Waals surface area contributed by atoms with Crippen molar-refractivity contribution in [2.24, 2.45) is 13.0 Å². The molecule has 3 nitrogen and oxygen atoms in total. The number of hydrogen-bond donors (Lipinski definition) is 2. The highest BCUT2D eigenvalue weighted by atomic mass is 16.3. The molecular weight excluding hydrogens is 188 g/mol. The van der Waals surface area contributed by atoms with Crippen LogP contribution in [0.5, 0.6) is 0 Å². The van der Waals surface area contributed by atoms with Gasteiger partial charge in [0.15, 0.2) is 0 Å². The van der Waals surface area contributed by atoms with Crippen LogP contribution in [0.15, 0.2) is 30.6 Å². The van der Waals surface area contributed by atoms with E-state index in [4.69, 9.17) is 5.11 Å². The Hall–Kier alpha value is -1.06. The van der Waals surface area contributed by atoms with Crippen LogP contribution in [0.2, 0.25) is 0 Å². The highest BCUT2D eigenvalue weighted by molar-refractivity contribution is 5.11. The molecule has 0 saturated heterocycles. The second-order valence-corrected chi connectivity index (χ2v) is 4.24. The van der Waals surface area contributed by atoms with Gasteiger partial charge in [-0.2, -0.15) is 0 Å². The average molecular weight is 206 g/mol. The molecule has 0 aromatic carbocycles. The van der Waals surface area contributed by atoms with Crippen LogP contribution in [0.4, 0.5) is 0 Å². The van der Waals surface area contributed by atoms with Gasteiger partial charge < -0.3 is 15.0 Å². The molecule has 0 bridgehead atoms. The maximum absolute atomic E-state index is 8.99. The lowest BCUT2D eigenvalue weighted by atomic mass is 10.1. The van der Waals surface area contributed by atoms with E-state index in [1.165, 1.54) is 5.56 Å². The molecule has 0 radical (unpaired) electrons. The first-order valence-electron chi connectivity index (χ1n) is 5.41. The summed E-state index contributed by atoms with van der Waals surface area (Å²) in [6, 6.07) is 2.54. The Bertz CT molecular complexity index is 343. The predicted molar refractivity (Wildman–Crippen MR) is 60.4 cm³/mol. The molecule has 0 unspecified atom stereocenters. The van der Waals surface area contributed by atoms with Crippen molar-refractivity contribution in [2.45, 2.75) is 19.0 Å². The zero-order valence-electron chi connectivity index (χ0n) is 9.06. The van der Waals surface area contributed by atoms with Crippen molar-refractivity contribution in [2.75, 3.05) is 6.61 Å². The van der Waals surface area contributed by atoms with Crippen LogP contribution in [-0.2, 0) is 13.6 Å². The van der Waals surface area contributed by atoms with Crippen molar-refractivity contribution in [3.63, 3.8) is 0 Å². The number of hydrogen-bond acceptors (Lipinski definition) is 2. The van der Waals surface area contributed by atoms with Crippen LogP contribution in [0.3, 0.4) is 0 Å². The molecule has 0 aliphatic heterocycles. The summed E-state index contributed by atoms with van der Waals surface area (Å²) in [6.07, 6.45) is 9.45. The van der Waals surface area contributed by atoms with Gasteiger partial charge in [-0.05, 0) is 18.1 Å². The molecule has 0 saturated carbocycles. The van der Waals surface area contributed by atoms with Gasteiger partial charge in [-0.1, -0.05) is 12.2 Å². The minimum absolute atomic E-state index is 0.264. The summed E-state index contributed by atoms with van der Waals surface area (Å²) < 4.78 is 2.05. The first kappa shape index (κ1) is 10.5. The molecule has 2 N–H and O–H groups in total. The van der Waals surface area contributed by atoms with Crippen LogP contribution in [-0.4, -0.2) is 22.3 Å². The molecule has 0 fully saturated rings. The number of aromatic nitrogens is 1. The smallest absolute Gasteiger partial charge is 0.0494 e. The standard InChI is InChI=1S/C12H18N2O/c1-14-5-4-11(8-14)7-13-12-3-2-10(6-12)9-15/h2-5,8,10,12-13,15H,6-7,9H2,1H3/t10-,12+/m0/s1. The SMILES string of the molecule is Cn1ccc(CN[C@@H]2C=C[C@H](CO)C2)c1. The lowest BCUT2D eigenvalue weighted by Crippen LogP contribution is -2.25. The van der Waals surface area contributed by atoms with E-state index in [1.54, 1.807) is 0 Å². The van der Waals surface area contributed by atoms with Crippen LogP contribution < -0.4 is 5.32 Å². The van der Waals surface area contributed by atoms with Gasteiger partial charge in [-0.15, -0.1) is 0 Å². The van der Waals surface area contributed by atoms with E-state index >= 15 is 0 Å². The quantitative estimate of drug-likeness (QED) is 0.723. The molecule has 2 rings (SSSR count). The molecule has 15 heavy (non-hydrogen) atoms. The van der Waals surface area contributed by atoms with Crippen molar-refractivity contribution in [1.82, 2.24) is 9.88 Å². The zero-order chi connectivity index (χ0) is 10.7. The Morgan fingerprint density at radius 2 is 2.40 bits per heavy atom. The normalized spacial score (nSPS) is 24.9. The molecule has 1 aliphatic rings. The summed E-state index contributed by atoms with van der Waals surface area (Å²) in [6.45, 7) is 1.16. The summed E-state index contributed by atoms with van der Waals surface area (Å²) >= 11 is 0. The number of aliphatic hydroxyl groups is 1. The lowest BCUT2D eigenvalue weighted by Gasteiger charge is -2.11. The fourth-order valence-corrected chi connectivity index (χ4v) is 1.98. The van der Waals surface area contributed by atoms with Gasteiger partial charge in [-0.3, -0.25) is 0 Å². The molecule has 2 atom stereocenters. The third-order valence-electron chi connectivity index (χ3n) is 2.87. The number of aliphatic hydroxyl groups excluding tert-OH is 1. The summed E-state index contributed by atoms with van der Waals surface area (Å²) in [7, 11) is 2.03. The molecule has 1 aromatic rings. The third kappa shape index (κ3) is 2.70. The Labute approximate surface area is 90.4 Å². The monoisotopic (exact) mass is 206 g/mol. The largest absolute Gasteiger partial charge is 0.396 e. The van der Waals surface area contributed by atoms with Gasteiger partial charge >= 0.3 is 0 Å². The minimum Gasteiger partial charge on any atom is -0.396 e. The van der Waals surface area contributed by atoms with E-state index in [0.29, 0.717) is 12.0 Å². The molecule has 1 aliphatic carbocycles. The molecule has 1 aromatic heterocycles. The van der Waals surface area contributed by atoms with Crippen molar-refractivity contribution in [3.05, 3.63) is 36.2 Å². The van der Waals surface area contributed by atoms with Gasteiger partial charge in [0.1, 0.15) is 0 Å². The Morgan fingerprint density at radius 3 is 3.00 bits per heavy atom. The number of nitrogens with zero attached hydrogens (tertiary/aromatic N) is 1. The van der Waals surface area contributed by atoms with Gasteiger partial charge in [0, 0.05) is 44.6 Å². The topological polar surface area (TPSA) is 37.2 Å². The molecule has 3 heteroatoms. The number of aryl methyl sites for hydroxylation is 1. The van der Waals surface area contributed by atoms with Gasteiger partial charge in [0.05, 0.1) is 0 Å². The van der Waals surface area contributed by atoms with Crippen LogP contribution >= 0.6 is 0 Å². The van der Waals surface area contributed by atoms with Gasteiger partial charge in [0.25, 0.3) is 0 Å². The van der Waals surface area contributed by atoms with E-state index in [-0.39, 0.29) is 6.61 Å². The molecule has 1 heterocycles. The van der Waals surface area contributed by atoms with E-state index < -0.39 is 0 Å². The minimum atomic E-state index is 0.264. The van der Waals surface area contributed by atoms with Crippen molar-refractivity contribution >= 4 is 0 Å². The van der Waals surface area contributed by atoms with Gasteiger partial charge in [0.2, 0.25) is 0 Å². The third-order valence-corrected chi connectivity index (χ3v) is 2.87. The van der Waals surface area contributed by atoms with Crippen LogP contribution in [0.25, 0.3) is 0 Å². The zero-order valence-corrected chi connectivity index (χ0v) is 9.06. The fourth-order valence-electron chi connectivity index (χ4n) is 1.98. The Kier molecular flexibility index (Phi) is 3.23. The maximum Gasteiger partial charge on any atom is 0.0494 e. The Morgan fingerprint density at radius 1 is 1.53 bits per heavy atom. The Balaban J connectivity index is 1.78. The highest BCUT2D eigenvalue weighted by Crippen LogP contribution is 2.17. The number of nitrogens with one attached hydrogen (secondary N) is 1. The van der Waals surface area contributed by atoms with E-state index in [9.17, 15) is 0 Å². The van der Waals surface area contributed by atoms with Crippen molar-refractivity contribution in [1.29, 1.82) is 0 Å². The maximum atomic E-state index is 8.99. The van der Waals surface area contributed by atoms with Crippen LogP contribution in [0, 0.1) is 5.92 Å². The first-order valence-corrected chi connectivity index (χ1v) is 5.41. The molecule has 0 amide bonds. The van der Waals surface area contributed by atoms with Gasteiger partial charge in [-0.25, -0.2) is 0 Å². The predicted octanol–water partition coefficient (Wildman–Crippen LogP) is 1.05. The lowest BCUT2D eigenvalue weighted by molar-refractivity contribution is 0.246. The fraction of sp³-hybridized carbons (Fsp3) is 0.500. The second kappa shape index (κ2) is 4.64. The summed E-state index contributed by atoms with van der Waals surface area (Å²) in [4.78, 5) is 0. The summed E-state index contributed by atoms with van der Waals surface area (Å²) in [5.74, 6) is 0.346. The number of rotatable bonds is 4. The van der Waals surface area contributed by atoms with E-state index in [0.717, 1.165) is 13.0 Å². The molecular formula is C12H18N2O. The second-order valence-electron chi connectivity index (χ2n) is 4.24. The summed E-state index contributed by atoms with van der Waals surface area (Å²) in [5.41, 5.74) is 1.30. The van der Waals surface area contributed by atoms with Crippen LogP contribution in [0.1, 0.15) is 12.0 Å². The summed E-state index contributed by atoms with van der Waals surface area (Å²) in [5, 5.41) is 12.5. The van der Waals surface area contributed by atoms with Crippen molar-refractivity contribution < 1.29 is 5.11 Å². The molecule has 0 spiro atoms. The molecule has 82 valence electrons.